The van der Waals surface area contributed by atoms with Crippen LogP contribution in [-0.4, -0.2) is 25.3 Å². The molecule has 13 heavy (non-hydrogen) atoms. The van der Waals surface area contributed by atoms with E-state index in [1.807, 2.05) is 0 Å². The van der Waals surface area contributed by atoms with Crippen LogP contribution >= 0.6 is 0 Å². The monoisotopic (exact) mass is 238 g/mol. The normalized spacial score (nSPS) is 16.0. The van der Waals surface area contributed by atoms with E-state index in [9.17, 15) is 0 Å². The fourth-order valence-corrected chi connectivity index (χ4v) is 3.70. The van der Waals surface area contributed by atoms with Gasteiger partial charge in [0.15, 0.2) is 0 Å². The summed E-state index contributed by atoms with van der Waals surface area (Å²) in [5.41, 5.74) is 2.78. The van der Waals surface area contributed by atoms with Gasteiger partial charge < -0.3 is 0 Å². The van der Waals surface area contributed by atoms with Crippen LogP contribution < -0.4 is 5.32 Å². The number of rotatable bonds is 0. The van der Waals surface area contributed by atoms with E-state index in [-0.39, 0.29) is 0 Å². The fraction of sp³-hybridized carbons (Fsp3) is 0.300. The number of nitrogens with zero attached hydrogens (tertiary/aromatic N) is 1. The summed E-state index contributed by atoms with van der Waals surface area (Å²) < 4.78 is 6.11. The predicted molar refractivity (Wildman–Crippen MR) is 54.1 cm³/mol. The molecule has 3 rings (SSSR count). The van der Waals surface area contributed by atoms with Gasteiger partial charge in [0.2, 0.25) is 0 Å². The van der Waals surface area contributed by atoms with Gasteiger partial charge in [0.1, 0.15) is 0 Å². The molecule has 0 bridgehead atoms. The summed E-state index contributed by atoms with van der Waals surface area (Å²) in [5.74, 6) is 0. The Hall–Kier alpha value is -0.631. The van der Waals surface area contributed by atoms with E-state index < -0.39 is 0 Å². The molecule has 0 amide bonds. The molecular weight excluding hydrogens is 227 g/mol. The summed E-state index contributed by atoms with van der Waals surface area (Å²) in [7, 11) is 0. The van der Waals surface area contributed by atoms with Crippen molar-refractivity contribution >= 4 is 24.4 Å². The Labute approximate surface area is 82.9 Å². The Morgan fingerprint density at radius 2 is 2.38 bits per heavy atom. The Morgan fingerprint density at radius 1 is 1.38 bits per heavy atom. The summed E-state index contributed by atoms with van der Waals surface area (Å²) in [6.07, 6.45) is 1.10. The van der Waals surface area contributed by atoms with Gasteiger partial charge in [-0.05, 0) is 0 Å². The third kappa shape index (κ3) is 1.16. The van der Waals surface area contributed by atoms with Crippen LogP contribution in [0, 0.1) is 0 Å². The predicted octanol–water partition coefficient (Wildman–Crippen LogP) is 0.938. The molecule has 0 radical (unpaired) electrons. The van der Waals surface area contributed by atoms with Crippen LogP contribution in [0.25, 0.3) is 9.65 Å². The van der Waals surface area contributed by atoms with Crippen LogP contribution in [0.3, 0.4) is 0 Å². The molecule has 0 fully saturated rings. The molecule has 2 heterocycles. The van der Waals surface area contributed by atoms with Crippen molar-refractivity contribution in [3.05, 3.63) is 29.5 Å². The SMILES string of the molecule is c1cc2c3c(n[se]c3c1)CCNC2. The summed E-state index contributed by atoms with van der Waals surface area (Å²) in [6.45, 7) is 2.08. The van der Waals surface area contributed by atoms with Gasteiger partial charge in [0.25, 0.3) is 0 Å². The van der Waals surface area contributed by atoms with E-state index in [4.69, 9.17) is 0 Å². The molecule has 0 atom stereocenters. The van der Waals surface area contributed by atoms with E-state index in [0.717, 1.165) is 19.5 Å². The van der Waals surface area contributed by atoms with Gasteiger partial charge in [0.05, 0.1) is 0 Å². The third-order valence-corrected chi connectivity index (χ3v) is 4.29. The zero-order chi connectivity index (χ0) is 8.67. The van der Waals surface area contributed by atoms with Crippen LogP contribution in [-0.2, 0) is 13.0 Å². The number of aromatic nitrogens is 1. The maximum absolute atomic E-state index is 4.63. The van der Waals surface area contributed by atoms with E-state index in [1.54, 1.807) is 0 Å². The Bertz CT molecular complexity index is 447. The van der Waals surface area contributed by atoms with Crippen molar-refractivity contribution in [1.82, 2.24) is 9.30 Å². The van der Waals surface area contributed by atoms with E-state index in [0.29, 0.717) is 14.7 Å². The average Bonchev–Trinajstić information content (AvgIpc) is 2.44. The van der Waals surface area contributed by atoms with Gasteiger partial charge in [-0.25, -0.2) is 0 Å². The van der Waals surface area contributed by atoms with Crippen molar-refractivity contribution in [3.63, 3.8) is 0 Å². The van der Waals surface area contributed by atoms with Gasteiger partial charge >= 0.3 is 82.6 Å². The maximum atomic E-state index is 4.63. The Morgan fingerprint density at radius 3 is 3.38 bits per heavy atom. The first-order chi connectivity index (χ1) is 6.45. The number of hydrogen-bond acceptors (Lipinski definition) is 2. The second-order valence-electron chi connectivity index (χ2n) is 3.35. The quantitative estimate of drug-likeness (QED) is 0.690. The first-order valence-corrected chi connectivity index (χ1v) is 6.14. The standard InChI is InChI=1S/C10H10N2Se/c1-2-7-6-11-5-4-8-10(7)9(3-1)13-12-8/h1-3,11H,4-6H2. The van der Waals surface area contributed by atoms with Gasteiger partial charge in [-0.15, -0.1) is 0 Å². The van der Waals surface area contributed by atoms with Crippen molar-refractivity contribution in [2.75, 3.05) is 6.54 Å². The van der Waals surface area contributed by atoms with Gasteiger partial charge in [-0.3, -0.25) is 0 Å². The molecule has 3 heteroatoms. The second kappa shape index (κ2) is 2.95. The van der Waals surface area contributed by atoms with Crippen molar-refractivity contribution in [1.29, 1.82) is 0 Å². The van der Waals surface area contributed by atoms with Gasteiger partial charge in [-0.2, -0.15) is 0 Å². The summed E-state index contributed by atoms with van der Waals surface area (Å²) >= 11 is 0.359. The molecule has 2 aromatic rings. The molecular formula is C10H10N2Se. The number of hydrogen-bond donors (Lipinski definition) is 1. The molecule has 1 N–H and O–H groups in total. The van der Waals surface area contributed by atoms with Crippen molar-refractivity contribution in [2.24, 2.45) is 0 Å². The molecule has 0 saturated carbocycles. The fourth-order valence-electron chi connectivity index (χ4n) is 1.88. The second-order valence-corrected chi connectivity index (χ2v) is 5.04. The van der Waals surface area contributed by atoms with Crippen molar-refractivity contribution < 1.29 is 0 Å². The number of benzene rings is 1. The molecule has 0 saturated heterocycles. The molecule has 0 unspecified atom stereocenters. The Balaban J connectivity index is 2.40. The first-order valence-electron chi connectivity index (χ1n) is 4.52. The zero-order valence-electron chi connectivity index (χ0n) is 7.21. The van der Waals surface area contributed by atoms with E-state index in [1.165, 1.54) is 20.9 Å². The average molecular weight is 237 g/mol. The minimum absolute atomic E-state index is 0.359. The minimum atomic E-state index is 0.359. The molecule has 2 nitrogen and oxygen atoms in total. The van der Waals surface area contributed by atoms with Gasteiger partial charge in [-0.1, -0.05) is 0 Å². The van der Waals surface area contributed by atoms with Crippen molar-refractivity contribution in [3.8, 4) is 0 Å². The summed E-state index contributed by atoms with van der Waals surface area (Å²) in [5, 5.41) is 4.89. The topological polar surface area (TPSA) is 24.9 Å². The Kier molecular flexibility index (Phi) is 1.76. The van der Waals surface area contributed by atoms with Crippen LogP contribution in [0.5, 0.6) is 0 Å². The first kappa shape index (κ1) is 7.74. The molecule has 66 valence electrons. The molecule has 0 spiro atoms. The molecule has 1 aromatic carbocycles. The molecule has 0 aliphatic carbocycles. The van der Waals surface area contributed by atoms with Crippen LogP contribution in [0.2, 0.25) is 0 Å². The molecule has 1 aliphatic rings. The van der Waals surface area contributed by atoms with E-state index >= 15 is 0 Å². The summed E-state index contributed by atoms with van der Waals surface area (Å²) in [6, 6.07) is 6.59. The summed E-state index contributed by atoms with van der Waals surface area (Å²) in [4.78, 5) is 0. The van der Waals surface area contributed by atoms with Crippen LogP contribution in [0.15, 0.2) is 18.2 Å². The zero-order valence-corrected chi connectivity index (χ0v) is 8.92. The number of nitrogens with one attached hydrogen (secondary N) is 1. The molecule has 1 aromatic heterocycles. The molecule has 1 aliphatic heterocycles. The van der Waals surface area contributed by atoms with Gasteiger partial charge in [0, 0.05) is 0 Å². The third-order valence-electron chi connectivity index (χ3n) is 2.51. The van der Waals surface area contributed by atoms with Crippen LogP contribution in [0.1, 0.15) is 11.3 Å². The van der Waals surface area contributed by atoms with Crippen molar-refractivity contribution in [2.45, 2.75) is 13.0 Å². The van der Waals surface area contributed by atoms with Crippen LogP contribution in [0.4, 0.5) is 0 Å². The van der Waals surface area contributed by atoms with E-state index in [2.05, 4.69) is 27.5 Å².